The summed E-state index contributed by atoms with van der Waals surface area (Å²) >= 11 is 0. The number of nitrogens with one attached hydrogen (secondary N) is 2. The molecule has 0 aliphatic heterocycles. The molecule has 0 saturated heterocycles. The maximum absolute atomic E-state index is 15.7. The van der Waals surface area contributed by atoms with Crippen LogP contribution in [0, 0.1) is 0 Å². The molecule has 0 amide bonds. The van der Waals surface area contributed by atoms with Crippen LogP contribution in [0.25, 0.3) is 0 Å². The first-order valence-electron chi connectivity index (χ1n) is 7.51. The zero-order chi connectivity index (χ0) is 16.6. The maximum Gasteiger partial charge on any atom is 0.342 e. The van der Waals surface area contributed by atoms with Crippen LogP contribution in [0.2, 0.25) is 21.2 Å². The third-order valence-corrected chi connectivity index (χ3v) is 12.9. The van der Waals surface area contributed by atoms with Crippen molar-refractivity contribution in [3.63, 3.8) is 0 Å². The molecule has 0 aromatic heterocycles. The lowest BCUT2D eigenvalue weighted by Crippen LogP contribution is -2.70. The highest BCUT2D eigenvalue weighted by Crippen LogP contribution is 2.50. The molecule has 122 valence electrons. The quantitative estimate of drug-likeness (QED) is 0.406. The summed E-state index contributed by atoms with van der Waals surface area (Å²) in [5.41, 5.74) is -0.207. The zero-order valence-electron chi connectivity index (χ0n) is 14.9. The predicted octanol–water partition coefficient (Wildman–Crippen LogP) is 5.32. The van der Waals surface area contributed by atoms with E-state index in [0.29, 0.717) is 0 Å². The van der Waals surface area contributed by atoms with Gasteiger partial charge in [-0.05, 0) is 11.1 Å². The molecule has 20 heavy (non-hydrogen) atoms. The van der Waals surface area contributed by atoms with Crippen molar-refractivity contribution >= 4 is 17.1 Å². The second kappa shape index (κ2) is 6.14. The summed E-state index contributed by atoms with van der Waals surface area (Å²) in [5, 5.41) is 4.72. The summed E-state index contributed by atoms with van der Waals surface area (Å²) in [6.07, 6.45) is 0. The molecule has 0 aliphatic carbocycles. The van der Waals surface area contributed by atoms with Gasteiger partial charge in [0.1, 0.15) is 0 Å². The molecule has 0 heterocycles. The molecule has 2 N–H and O–H groups in total. The molecule has 0 aromatic carbocycles. The summed E-state index contributed by atoms with van der Waals surface area (Å²) in [4.78, 5) is 0. The van der Waals surface area contributed by atoms with Gasteiger partial charge in [0.05, 0.1) is 0 Å². The van der Waals surface area contributed by atoms with Gasteiger partial charge in [-0.2, -0.15) is 0 Å². The van der Waals surface area contributed by atoms with E-state index >= 15 is 8.22 Å². The van der Waals surface area contributed by atoms with E-state index in [4.69, 9.17) is 0 Å². The Morgan fingerprint density at radius 1 is 0.700 bits per heavy atom. The highest BCUT2D eigenvalue weighted by molar-refractivity contribution is 6.79. The lowest BCUT2D eigenvalue weighted by atomic mass is 10.2. The van der Waals surface area contributed by atoms with Crippen molar-refractivity contribution in [3.8, 4) is 0 Å². The van der Waals surface area contributed by atoms with Crippen LogP contribution in [0.3, 0.4) is 0 Å². The molecule has 0 aliphatic rings. The third kappa shape index (κ3) is 3.90. The molecule has 6 heteroatoms. The minimum absolute atomic E-state index is 0.104. The van der Waals surface area contributed by atoms with Crippen LogP contribution in [-0.2, 0) is 0 Å². The van der Waals surface area contributed by atoms with Gasteiger partial charge in [-0.15, -0.1) is 0 Å². The van der Waals surface area contributed by atoms with Gasteiger partial charge in [0.25, 0.3) is 0 Å². The number of rotatable bonds is 5. The highest BCUT2D eigenvalue weighted by Gasteiger charge is 2.57. The van der Waals surface area contributed by atoms with Crippen molar-refractivity contribution < 1.29 is 8.22 Å². The molecule has 0 radical (unpaired) electrons. The Hall–Kier alpha value is 0.214. The second-order valence-electron chi connectivity index (χ2n) is 8.49. The predicted molar refractivity (Wildman–Crippen MR) is 89.6 cm³/mol. The van der Waals surface area contributed by atoms with E-state index in [2.05, 4.69) is 10.2 Å². The largest absolute Gasteiger partial charge is 0.342 e. The minimum atomic E-state index is -3.42. The average Bonchev–Trinajstić information content (AvgIpc) is 2.21. The van der Waals surface area contributed by atoms with Crippen LogP contribution in [0.1, 0.15) is 69.2 Å². The van der Waals surface area contributed by atoms with Gasteiger partial charge in [-0.3, -0.25) is 18.4 Å². The first-order valence-corrected chi connectivity index (χ1v) is 11.4. The molecule has 0 aromatic rings. The van der Waals surface area contributed by atoms with E-state index in [0.717, 1.165) is 0 Å². The fourth-order valence-electron chi connectivity index (χ4n) is 2.64. The monoisotopic (exact) mass is 324 g/mol. The molecule has 0 spiro atoms. The van der Waals surface area contributed by atoms with Crippen LogP contribution < -0.4 is 10.2 Å². The van der Waals surface area contributed by atoms with Gasteiger partial charge in [-0.25, -0.2) is 0 Å². The van der Waals surface area contributed by atoms with Crippen molar-refractivity contribution in [2.45, 2.75) is 90.4 Å². The first kappa shape index (κ1) is 20.2. The number of hydrogen-bond donors (Lipinski definition) is 2. The van der Waals surface area contributed by atoms with E-state index in [1.54, 1.807) is 0 Å². The van der Waals surface area contributed by atoms with E-state index in [1.807, 2.05) is 69.2 Å². The Labute approximate surface area is 126 Å². The SMILES string of the molecule is CC(C)[Si](F)(NN[Si](F)(C(C)(C)C)C(C)(C)C)C(C)C. The Balaban J connectivity index is 5.35. The van der Waals surface area contributed by atoms with Crippen LogP contribution in [0.4, 0.5) is 8.22 Å². The topological polar surface area (TPSA) is 24.1 Å². The van der Waals surface area contributed by atoms with Gasteiger partial charge < -0.3 is 0 Å². The van der Waals surface area contributed by atoms with Crippen LogP contribution >= 0.6 is 0 Å². The molecule has 2 nitrogen and oxygen atoms in total. The average molecular weight is 325 g/mol. The standard InChI is InChI=1S/C14H34F2N2Si2/c1-11(2)19(15,12(3)4)17-18-20(16,13(5,6)7)14(8,9)10/h11-12,17-18H,1-10H3. The summed E-state index contributed by atoms with van der Waals surface area (Å²) in [5.74, 6) is 0. The summed E-state index contributed by atoms with van der Waals surface area (Å²) in [6.45, 7) is 18.9. The maximum atomic E-state index is 15.7. The molecular formula is C14H34F2N2Si2. The lowest BCUT2D eigenvalue weighted by molar-refractivity contribution is 0.464. The first-order chi connectivity index (χ1) is 8.59. The lowest BCUT2D eigenvalue weighted by Gasteiger charge is -2.46. The molecule has 0 saturated carbocycles. The van der Waals surface area contributed by atoms with Gasteiger partial charge in [0.2, 0.25) is 0 Å². The molecule has 0 unspecified atom stereocenters. The molecular weight excluding hydrogens is 290 g/mol. The Bertz CT molecular complexity index is 298. The second-order valence-corrected chi connectivity index (χ2v) is 17.1. The van der Waals surface area contributed by atoms with Crippen molar-refractivity contribution in [1.82, 2.24) is 10.2 Å². The van der Waals surface area contributed by atoms with E-state index < -0.39 is 27.2 Å². The van der Waals surface area contributed by atoms with Gasteiger partial charge in [-0.1, -0.05) is 69.2 Å². The summed E-state index contributed by atoms with van der Waals surface area (Å²) in [6, 6.07) is 0. The number of hydrazine groups is 1. The van der Waals surface area contributed by atoms with Gasteiger partial charge in [0, 0.05) is 10.1 Å². The highest BCUT2D eigenvalue weighted by atomic mass is 28.4. The smallest absolute Gasteiger partial charge is 0.291 e. The normalized spacial score (nSPS) is 15.3. The number of hydrogen-bond acceptors (Lipinski definition) is 2. The Morgan fingerprint density at radius 3 is 1.20 bits per heavy atom. The van der Waals surface area contributed by atoms with Crippen LogP contribution in [0.5, 0.6) is 0 Å². The van der Waals surface area contributed by atoms with E-state index in [-0.39, 0.29) is 11.1 Å². The van der Waals surface area contributed by atoms with Crippen molar-refractivity contribution in [2.24, 2.45) is 0 Å². The number of halogens is 2. The third-order valence-electron chi connectivity index (χ3n) is 4.17. The van der Waals surface area contributed by atoms with Gasteiger partial charge in [0.15, 0.2) is 0 Å². The van der Waals surface area contributed by atoms with E-state index in [1.165, 1.54) is 0 Å². The van der Waals surface area contributed by atoms with Crippen molar-refractivity contribution in [3.05, 3.63) is 0 Å². The molecule has 0 fully saturated rings. The molecule has 0 rings (SSSR count). The zero-order valence-corrected chi connectivity index (χ0v) is 16.9. The fraction of sp³-hybridized carbons (Fsp3) is 1.00. The minimum Gasteiger partial charge on any atom is -0.291 e. The molecule has 0 bridgehead atoms. The van der Waals surface area contributed by atoms with E-state index in [9.17, 15) is 0 Å². The Kier molecular flexibility index (Phi) is 6.21. The summed E-state index contributed by atoms with van der Waals surface area (Å²) < 4.78 is 30.8. The Morgan fingerprint density at radius 2 is 1.00 bits per heavy atom. The van der Waals surface area contributed by atoms with Crippen molar-refractivity contribution in [2.75, 3.05) is 0 Å². The fourth-order valence-corrected chi connectivity index (χ4v) is 9.00. The van der Waals surface area contributed by atoms with Crippen LogP contribution in [0.15, 0.2) is 0 Å². The molecule has 0 atom stereocenters. The van der Waals surface area contributed by atoms with Gasteiger partial charge >= 0.3 is 17.1 Å². The summed E-state index contributed by atoms with van der Waals surface area (Å²) in [7, 11) is -6.66. The van der Waals surface area contributed by atoms with Crippen molar-refractivity contribution in [1.29, 1.82) is 0 Å². The van der Waals surface area contributed by atoms with Crippen LogP contribution in [-0.4, -0.2) is 17.1 Å².